The van der Waals surface area contributed by atoms with Gasteiger partial charge in [-0.3, -0.25) is 4.79 Å². The second-order valence-corrected chi connectivity index (χ2v) is 4.85. The Bertz CT molecular complexity index is 382. The maximum Gasteiger partial charge on any atom is 0.228 e. The van der Waals surface area contributed by atoms with Crippen molar-refractivity contribution in [3.8, 4) is 0 Å². The predicted molar refractivity (Wildman–Crippen MR) is 69.0 cm³/mol. The van der Waals surface area contributed by atoms with Gasteiger partial charge in [-0.25, -0.2) is 4.98 Å². The lowest BCUT2D eigenvalue weighted by molar-refractivity contribution is -0.122. The van der Waals surface area contributed by atoms with E-state index in [1.165, 1.54) is 6.42 Å². The van der Waals surface area contributed by atoms with Gasteiger partial charge in [0.05, 0.1) is 11.9 Å². The van der Waals surface area contributed by atoms with Crippen molar-refractivity contribution in [3.05, 3.63) is 18.3 Å². The zero-order chi connectivity index (χ0) is 12.3. The van der Waals surface area contributed by atoms with E-state index in [2.05, 4.69) is 29.5 Å². The summed E-state index contributed by atoms with van der Waals surface area (Å²) in [7, 11) is 0. The van der Waals surface area contributed by atoms with Gasteiger partial charge in [0, 0.05) is 12.0 Å². The Kier molecular flexibility index (Phi) is 3.61. The molecule has 1 fully saturated rings. The molecule has 0 saturated heterocycles. The van der Waals surface area contributed by atoms with E-state index in [-0.39, 0.29) is 11.8 Å². The molecule has 2 rings (SSSR count). The first-order chi connectivity index (χ1) is 8.15. The second-order valence-electron chi connectivity index (χ2n) is 4.85. The first-order valence-corrected chi connectivity index (χ1v) is 6.18. The van der Waals surface area contributed by atoms with Crippen molar-refractivity contribution in [2.75, 3.05) is 10.6 Å². The smallest absolute Gasteiger partial charge is 0.228 e. The zero-order valence-corrected chi connectivity index (χ0v) is 10.4. The van der Waals surface area contributed by atoms with Crippen LogP contribution in [0.1, 0.15) is 33.1 Å². The van der Waals surface area contributed by atoms with E-state index >= 15 is 0 Å². The molecule has 1 aromatic heterocycles. The lowest BCUT2D eigenvalue weighted by Crippen LogP contribution is -2.28. The topological polar surface area (TPSA) is 54.0 Å². The van der Waals surface area contributed by atoms with Crippen LogP contribution in [0.5, 0.6) is 0 Å². The molecular weight excluding hydrogens is 214 g/mol. The number of hydrogen-bond acceptors (Lipinski definition) is 3. The normalized spacial score (nSPS) is 15.5. The SMILES string of the molecule is CC(C)Nc1ccc(NC(=O)C2CCC2)nc1. The van der Waals surface area contributed by atoms with E-state index in [9.17, 15) is 4.79 Å². The predicted octanol–water partition coefficient (Wildman–Crippen LogP) is 2.64. The molecule has 17 heavy (non-hydrogen) atoms. The highest BCUT2D eigenvalue weighted by Crippen LogP contribution is 2.27. The number of aromatic nitrogens is 1. The lowest BCUT2D eigenvalue weighted by atomic mass is 9.85. The van der Waals surface area contributed by atoms with Crippen LogP contribution in [-0.4, -0.2) is 16.9 Å². The van der Waals surface area contributed by atoms with Gasteiger partial charge in [0.25, 0.3) is 0 Å². The van der Waals surface area contributed by atoms with Crippen molar-refractivity contribution < 1.29 is 4.79 Å². The van der Waals surface area contributed by atoms with Gasteiger partial charge in [-0.05, 0) is 38.8 Å². The minimum atomic E-state index is 0.105. The largest absolute Gasteiger partial charge is 0.382 e. The van der Waals surface area contributed by atoms with E-state index in [0.29, 0.717) is 11.9 Å². The van der Waals surface area contributed by atoms with E-state index in [1.807, 2.05) is 12.1 Å². The minimum absolute atomic E-state index is 0.105. The molecule has 0 unspecified atom stereocenters. The van der Waals surface area contributed by atoms with Gasteiger partial charge < -0.3 is 10.6 Å². The summed E-state index contributed by atoms with van der Waals surface area (Å²) >= 11 is 0. The van der Waals surface area contributed by atoms with Crippen molar-refractivity contribution in [1.82, 2.24) is 4.98 Å². The fourth-order valence-corrected chi connectivity index (χ4v) is 1.79. The fraction of sp³-hybridized carbons (Fsp3) is 0.538. The van der Waals surface area contributed by atoms with Gasteiger partial charge in [-0.1, -0.05) is 6.42 Å². The zero-order valence-electron chi connectivity index (χ0n) is 10.4. The number of amides is 1. The van der Waals surface area contributed by atoms with Crippen LogP contribution in [0.25, 0.3) is 0 Å². The number of anilines is 2. The van der Waals surface area contributed by atoms with Crippen LogP contribution in [0.2, 0.25) is 0 Å². The maximum atomic E-state index is 11.7. The van der Waals surface area contributed by atoms with Crippen molar-refractivity contribution in [1.29, 1.82) is 0 Å². The highest BCUT2D eigenvalue weighted by molar-refractivity contribution is 5.92. The van der Waals surface area contributed by atoms with Crippen molar-refractivity contribution >= 4 is 17.4 Å². The number of hydrogen-bond donors (Lipinski definition) is 2. The average Bonchev–Trinajstić information content (AvgIpc) is 2.17. The van der Waals surface area contributed by atoms with Crippen LogP contribution in [0.3, 0.4) is 0 Å². The van der Waals surface area contributed by atoms with Crippen LogP contribution in [-0.2, 0) is 4.79 Å². The van der Waals surface area contributed by atoms with E-state index in [1.54, 1.807) is 6.20 Å². The quantitative estimate of drug-likeness (QED) is 0.840. The Hall–Kier alpha value is -1.58. The maximum absolute atomic E-state index is 11.7. The molecule has 0 radical (unpaired) electrons. The molecule has 1 aliphatic rings. The molecule has 2 N–H and O–H groups in total. The summed E-state index contributed by atoms with van der Waals surface area (Å²) in [6, 6.07) is 4.15. The van der Waals surface area contributed by atoms with Gasteiger partial charge >= 0.3 is 0 Å². The summed E-state index contributed by atoms with van der Waals surface area (Å²) in [5.74, 6) is 0.940. The summed E-state index contributed by atoms with van der Waals surface area (Å²) in [5.41, 5.74) is 0.974. The average molecular weight is 233 g/mol. The highest BCUT2D eigenvalue weighted by Gasteiger charge is 2.25. The molecule has 0 aliphatic heterocycles. The molecule has 1 aliphatic carbocycles. The minimum Gasteiger partial charge on any atom is -0.382 e. The van der Waals surface area contributed by atoms with E-state index in [4.69, 9.17) is 0 Å². The number of nitrogens with one attached hydrogen (secondary N) is 2. The van der Waals surface area contributed by atoms with Crippen LogP contribution in [0.15, 0.2) is 18.3 Å². The molecule has 1 aromatic rings. The number of rotatable bonds is 4. The monoisotopic (exact) mass is 233 g/mol. The summed E-state index contributed by atoms with van der Waals surface area (Å²) in [6.07, 6.45) is 4.94. The molecule has 0 spiro atoms. The molecule has 1 heterocycles. The Morgan fingerprint density at radius 3 is 2.65 bits per heavy atom. The summed E-state index contributed by atoms with van der Waals surface area (Å²) < 4.78 is 0. The van der Waals surface area contributed by atoms with E-state index < -0.39 is 0 Å². The fourth-order valence-electron chi connectivity index (χ4n) is 1.79. The summed E-state index contributed by atoms with van der Waals surface area (Å²) in [6.45, 7) is 4.15. The van der Waals surface area contributed by atoms with Gasteiger partial charge in [0.2, 0.25) is 5.91 Å². The van der Waals surface area contributed by atoms with Crippen molar-refractivity contribution in [2.45, 2.75) is 39.2 Å². The molecular formula is C13H19N3O. The number of carbonyl (C=O) groups excluding carboxylic acids is 1. The van der Waals surface area contributed by atoms with Gasteiger partial charge in [-0.15, -0.1) is 0 Å². The third kappa shape index (κ3) is 3.19. The molecule has 0 bridgehead atoms. The molecule has 0 aromatic carbocycles. The van der Waals surface area contributed by atoms with Gasteiger partial charge in [-0.2, -0.15) is 0 Å². The highest BCUT2D eigenvalue weighted by atomic mass is 16.2. The third-order valence-corrected chi connectivity index (χ3v) is 2.95. The van der Waals surface area contributed by atoms with Crippen LogP contribution in [0, 0.1) is 5.92 Å². The summed E-state index contributed by atoms with van der Waals surface area (Å²) in [4.78, 5) is 15.9. The lowest BCUT2D eigenvalue weighted by Gasteiger charge is -2.23. The number of pyridine rings is 1. The summed E-state index contributed by atoms with van der Waals surface area (Å²) in [5, 5.41) is 6.10. The Balaban J connectivity index is 1.90. The van der Waals surface area contributed by atoms with E-state index in [0.717, 1.165) is 18.5 Å². The Morgan fingerprint density at radius 2 is 2.18 bits per heavy atom. The molecule has 1 saturated carbocycles. The van der Waals surface area contributed by atoms with Crippen LogP contribution in [0.4, 0.5) is 11.5 Å². The van der Waals surface area contributed by atoms with Crippen LogP contribution < -0.4 is 10.6 Å². The van der Waals surface area contributed by atoms with Gasteiger partial charge in [0.15, 0.2) is 0 Å². The molecule has 1 amide bonds. The van der Waals surface area contributed by atoms with Gasteiger partial charge in [0.1, 0.15) is 5.82 Å². The second kappa shape index (κ2) is 5.17. The Labute approximate surface area is 102 Å². The third-order valence-electron chi connectivity index (χ3n) is 2.95. The first-order valence-electron chi connectivity index (χ1n) is 6.18. The van der Waals surface area contributed by atoms with Crippen LogP contribution >= 0.6 is 0 Å². The first kappa shape index (κ1) is 11.9. The standard InChI is InChI=1S/C13H19N3O/c1-9(2)15-11-6-7-12(14-8-11)16-13(17)10-4-3-5-10/h6-10,15H,3-5H2,1-2H3,(H,14,16,17). The molecule has 4 nitrogen and oxygen atoms in total. The molecule has 0 atom stereocenters. The number of carbonyl (C=O) groups is 1. The number of nitrogens with zero attached hydrogens (tertiary/aromatic N) is 1. The van der Waals surface area contributed by atoms with Crippen molar-refractivity contribution in [3.63, 3.8) is 0 Å². The molecule has 92 valence electrons. The molecule has 4 heteroatoms. The van der Waals surface area contributed by atoms with Crippen molar-refractivity contribution in [2.24, 2.45) is 5.92 Å². The Morgan fingerprint density at radius 1 is 1.41 bits per heavy atom.